The highest BCUT2D eigenvalue weighted by atomic mass is 35.5. The van der Waals surface area contributed by atoms with E-state index in [1.807, 2.05) is 24.3 Å². The molecular formula is C11H10ClN3S. The van der Waals surface area contributed by atoms with E-state index in [1.54, 1.807) is 24.2 Å². The average molecular weight is 252 g/mol. The molecule has 2 N–H and O–H groups in total. The molecule has 0 saturated carbocycles. The summed E-state index contributed by atoms with van der Waals surface area (Å²) >= 11 is 7.32. The van der Waals surface area contributed by atoms with Gasteiger partial charge in [-0.3, -0.25) is 4.98 Å². The fourth-order valence-corrected chi connectivity index (χ4v) is 2.09. The average Bonchev–Trinajstić information content (AvgIpc) is 2.32. The number of rotatable bonds is 3. The molecule has 0 atom stereocenters. The molecule has 2 heterocycles. The minimum absolute atomic E-state index is 0.447. The molecule has 0 bridgehead atoms. The lowest BCUT2D eigenvalue weighted by molar-refractivity contribution is 0.976. The maximum atomic E-state index is 5.76. The van der Waals surface area contributed by atoms with Gasteiger partial charge in [-0.1, -0.05) is 23.4 Å². The molecule has 0 radical (unpaired) electrons. The third kappa shape index (κ3) is 2.95. The van der Waals surface area contributed by atoms with E-state index in [0.29, 0.717) is 11.6 Å². The molecule has 0 amide bonds. The normalized spacial score (nSPS) is 10.4. The standard InChI is InChI=1S/C11H10ClN3S/c12-8-1-2-11(15-7-8)16-10-3-4-14-9(5-10)6-13/h1-5,7H,6,13H2. The van der Waals surface area contributed by atoms with Crippen LogP contribution in [-0.4, -0.2) is 9.97 Å². The highest BCUT2D eigenvalue weighted by Crippen LogP contribution is 2.26. The van der Waals surface area contributed by atoms with Crippen molar-refractivity contribution >= 4 is 23.4 Å². The molecule has 0 saturated heterocycles. The topological polar surface area (TPSA) is 51.8 Å². The summed E-state index contributed by atoms with van der Waals surface area (Å²) in [6.07, 6.45) is 3.38. The van der Waals surface area contributed by atoms with Gasteiger partial charge in [-0.2, -0.15) is 0 Å². The van der Waals surface area contributed by atoms with Crippen LogP contribution in [0.15, 0.2) is 46.6 Å². The molecule has 0 aliphatic heterocycles. The number of nitrogens with zero attached hydrogens (tertiary/aromatic N) is 2. The summed E-state index contributed by atoms with van der Waals surface area (Å²) in [5.74, 6) is 0. The minimum Gasteiger partial charge on any atom is -0.325 e. The van der Waals surface area contributed by atoms with Crippen LogP contribution < -0.4 is 5.73 Å². The van der Waals surface area contributed by atoms with Crippen LogP contribution in [0.4, 0.5) is 0 Å². The summed E-state index contributed by atoms with van der Waals surface area (Å²) < 4.78 is 0. The Kier molecular flexibility index (Phi) is 3.77. The third-order valence-electron chi connectivity index (χ3n) is 1.92. The largest absolute Gasteiger partial charge is 0.325 e. The van der Waals surface area contributed by atoms with Crippen LogP contribution in [0.25, 0.3) is 0 Å². The zero-order chi connectivity index (χ0) is 11.4. The first kappa shape index (κ1) is 11.4. The van der Waals surface area contributed by atoms with Crippen LogP contribution in [0.1, 0.15) is 5.69 Å². The van der Waals surface area contributed by atoms with E-state index in [-0.39, 0.29) is 0 Å². The van der Waals surface area contributed by atoms with Gasteiger partial charge < -0.3 is 5.73 Å². The van der Waals surface area contributed by atoms with Gasteiger partial charge in [0.15, 0.2) is 0 Å². The van der Waals surface area contributed by atoms with Crippen molar-refractivity contribution < 1.29 is 0 Å². The highest BCUT2D eigenvalue weighted by molar-refractivity contribution is 7.99. The molecule has 5 heteroatoms. The SMILES string of the molecule is NCc1cc(Sc2ccc(Cl)cn2)ccn1. The number of nitrogens with two attached hydrogens (primary N) is 1. The molecule has 2 aromatic heterocycles. The maximum absolute atomic E-state index is 5.76. The number of hydrogen-bond donors (Lipinski definition) is 1. The van der Waals surface area contributed by atoms with E-state index in [2.05, 4.69) is 9.97 Å². The van der Waals surface area contributed by atoms with E-state index in [0.717, 1.165) is 15.6 Å². The number of halogens is 1. The summed E-state index contributed by atoms with van der Waals surface area (Å²) in [5, 5.41) is 1.54. The second-order valence-corrected chi connectivity index (χ2v) is 4.63. The summed E-state index contributed by atoms with van der Waals surface area (Å²) in [4.78, 5) is 9.42. The predicted octanol–water partition coefficient (Wildman–Crippen LogP) is 2.74. The molecule has 16 heavy (non-hydrogen) atoms. The molecule has 0 spiro atoms. The van der Waals surface area contributed by atoms with Crippen molar-refractivity contribution in [2.24, 2.45) is 5.73 Å². The summed E-state index contributed by atoms with van der Waals surface area (Å²) in [6, 6.07) is 7.60. The number of aromatic nitrogens is 2. The van der Waals surface area contributed by atoms with Crippen molar-refractivity contribution in [3.8, 4) is 0 Å². The Bertz CT molecular complexity index is 473. The predicted molar refractivity (Wildman–Crippen MR) is 65.5 cm³/mol. The maximum Gasteiger partial charge on any atom is 0.101 e. The van der Waals surface area contributed by atoms with Gasteiger partial charge in [0.1, 0.15) is 5.03 Å². The van der Waals surface area contributed by atoms with Crippen LogP contribution in [0.2, 0.25) is 5.02 Å². The van der Waals surface area contributed by atoms with Gasteiger partial charge in [-0.15, -0.1) is 0 Å². The van der Waals surface area contributed by atoms with E-state index in [1.165, 1.54) is 0 Å². The Morgan fingerprint density at radius 1 is 1.25 bits per heavy atom. The Hall–Kier alpha value is -1.10. The van der Waals surface area contributed by atoms with Crippen molar-refractivity contribution in [1.29, 1.82) is 0 Å². The lowest BCUT2D eigenvalue weighted by Gasteiger charge is -2.02. The van der Waals surface area contributed by atoms with Crippen molar-refractivity contribution in [3.05, 3.63) is 47.4 Å². The van der Waals surface area contributed by atoms with E-state index in [4.69, 9.17) is 17.3 Å². The fourth-order valence-electron chi connectivity index (χ4n) is 1.17. The quantitative estimate of drug-likeness (QED) is 0.911. The molecule has 82 valence electrons. The first-order valence-corrected chi connectivity index (χ1v) is 5.92. The molecule has 0 unspecified atom stereocenters. The van der Waals surface area contributed by atoms with Gasteiger partial charge >= 0.3 is 0 Å². The first-order valence-electron chi connectivity index (χ1n) is 4.72. The lowest BCUT2D eigenvalue weighted by atomic mass is 10.3. The summed E-state index contributed by atoms with van der Waals surface area (Å²) in [5.41, 5.74) is 6.40. The smallest absolute Gasteiger partial charge is 0.101 e. The molecule has 0 fully saturated rings. The minimum atomic E-state index is 0.447. The number of hydrogen-bond acceptors (Lipinski definition) is 4. The lowest BCUT2D eigenvalue weighted by Crippen LogP contribution is -1.98. The monoisotopic (exact) mass is 251 g/mol. The van der Waals surface area contributed by atoms with Gasteiger partial charge in [0.25, 0.3) is 0 Å². The van der Waals surface area contributed by atoms with Crippen molar-refractivity contribution in [2.45, 2.75) is 16.5 Å². The molecule has 2 aromatic rings. The van der Waals surface area contributed by atoms with Gasteiger partial charge in [0, 0.05) is 23.8 Å². The van der Waals surface area contributed by atoms with Gasteiger partial charge in [-0.25, -0.2) is 4.98 Å². The second-order valence-electron chi connectivity index (χ2n) is 3.10. The van der Waals surface area contributed by atoms with Gasteiger partial charge in [-0.05, 0) is 24.3 Å². The fraction of sp³-hybridized carbons (Fsp3) is 0.0909. The summed E-state index contributed by atoms with van der Waals surface area (Å²) in [7, 11) is 0. The van der Waals surface area contributed by atoms with E-state index in [9.17, 15) is 0 Å². The second kappa shape index (κ2) is 5.30. The Morgan fingerprint density at radius 2 is 2.12 bits per heavy atom. The molecule has 2 rings (SSSR count). The van der Waals surface area contributed by atoms with Crippen LogP contribution in [-0.2, 0) is 6.54 Å². The van der Waals surface area contributed by atoms with Gasteiger partial charge in [0.05, 0.1) is 10.7 Å². The Morgan fingerprint density at radius 3 is 2.81 bits per heavy atom. The van der Waals surface area contributed by atoms with Crippen LogP contribution in [0.5, 0.6) is 0 Å². The first-order chi connectivity index (χ1) is 7.78. The zero-order valence-corrected chi connectivity index (χ0v) is 10.0. The van der Waals surface area contributed by atoms with Gasteiger partial charge in [0.2, 0.25) is 0 Å². The summed E-state index contributed by atoms with van der Waals surface area (Å²) in [6.45, 7) is 0.447. The van der Waals surface area contributed by atoms with Crippen molar-refractivity contribution in [3.63, 3.8) is 0 Å². The molecular weight excluding hydrogens is 242 g/mol. The Balaban J connectivity index is 2.16. The zero-order valence-electron chi connectivity index (χ0n) is 8.43. The van der Waals surface area contributed by atoms with Crippen molar-refractivity contribution in [1.82, 2.24) is 9.97 Å². The van der Waals surface area contributed by atoms with E-state index >= 15 is 0 Å². The Labute approximate surface area is 103 Å². The molecule has 0 aliphatic carbocycles. The van der Waals surface area contributed by atoms with Crippen LogP contribution in [0.3, 0.4) is 0 Å². The molecule has 0 aliphatic rings. The highest BCUT2D eigenvalue weighted by Gasteiger charge is 2.00. The molecule has 3 nitrogen and oxygen atoms in total. The van der Waals surface area contributed by atoms with E-state index < -0.39 is 0 Å². The third-order valence-corrected chi connectivity index (χ3v) is 3.08. The van der Waals surface area contributed by atoms with Crippen LogP contribution >= 0.6 is 23.4 Å². The van der Waals surface area contributed by atoms with Crippen molar-refractivity contribution in [2.75, 3.05) is 0 Å². The molecule has 0 aromatic carbocycles. The number of pyridine rings is 2. The van der Waals surface area contributed by atoms with Crippen LogP contribution in [0, 0.1) is 0 Å².